The summed E-state index contributed by atoms with van der Waals surface area (Å²) in [7, 11) is 0. The van der Waals surface area contributed by atoms with Crippen LogP contribution in [0.15, 0.2) is 24.3 Å². The van der Waals surface area contributed by atoms with Crippen LogP contribution in [0.1, 0.15) is 5.56 Å². The zero-order valence-electron chi connectivity index (χ0n) is 7.86. The Morgan fingerprint density at radius 1 is 1.36 bits per heavy atom. The molecule has 0 aliphatic carbocycles. The van der Waals surface area contributed by atoms with Crippen LogP contribution in [0.25, 0.3) is 0 Å². The molecule has 1 aromatic rings. The van der Waals surface area contributed by atoms with Crippen LogP contribution in [-0.4, -0.2) is 25.0 Å². The summed E-state index contributed by atoms with van der Waals surface area (Å²) in [4.78, 5) is 13.5. The fourth-order valence-electron chi connectivity index (χ4n) is 2.36. The second-order valence-electron chi connectivity index (χ2n) is 3.92. The van der Waals surface area contributed by atoms with Crippen LogP contribution in [0.3, 0.4) is 0 Å². The lowest BCUT2D eigenvalue weighted by Crippen LogP contribution is -2.52. The minimum atomic E-state index is 0.137. The molecule has 0 saturated carbocycles. The maximum absolute atomic E-state index is 11.3. The molecule has 1 fully saturated rings. The van der Waals surface area contributed by atoms with Gasteiger partial charge >= 0.3 is 0 Å². The van der Waals surface area contributed by atoms with Gasteiger partial charge in [-0.15, -0.1) is 0 Å². The highest BCUT2D eigenvalue weighted by molar-refractivity contribution is 5.84. The molecule has 1 N–H and O–H groups in total. The first-order valence-corrected chi connectivity index (χ1v) is 4.96. The highest BCUT2D eigenvalue weighted by Crippen LogP contribution is 2.32. The molecule has 1 atom stereocenters. The van der Waals surface area contributed by atoms with Crippen LogP contribution in [0.2, 0.25) is 0 Å². The standard InChI is InChI=1S/C11H12N2O/c14-11-7-13-9(6-12-11)5-8-3-1-2-4-10(8)13/h1-4,9H,5-7H2,(H,12,14). The Kier molecular flexibility index (Phi) is 1.54. The molecule has 14 heavy (non-hydrogen) atoms. The molecule has 1 saturated heterocycles. The van der Waals surface area contributed by atoms with E-state index in [1.54, 1.807) is 0 Å². The van der Waals surface area contributed by atoms with Gasteiger partial charge < -0.3 is 10.2 Å². The topological polar surface area (TPSA) is 32.3 Å². The van der Waals surface area contributed by atoms with E-state index in [0.717, 1.165) is 13.0 Å². The predicted octanol–water partition coefficient (Wildman–Crippen LogP) is 0.547. The minimum absolute atomic E-state index is 0.137. The first-order chi connectivity index (χ1) is 6.84. The lowest BCUT2D eigenvalue weighted by molar-refractivity contribution is -0.120. The zero-order chi connectivity index (χ0) is 9.54. The third-order valence-corrected chi connectivity index (χ3v) is 3.05. The van der Waals surface area contributed by atoms with Crippen molar-refractivity contribution in [2.45, 2.75) is 12.5 Å². The number of nitrogens with zero attached hydrogens (tertiary/aromatic N) is 1. The number of nitrogens with one attached hydrogen (secondary N) is 1. The van der Waals surface area contributed by atoms with Crippen LogP contribution in [0, 0.1) is 0 Å². The summed E-state index contributed by atoms with van der Waals surface area (Å²) in [5.41, 5.74) is 2.61. The van der Waals surface area contributed by atoms with Crippen molar-refractivity contribution in [3.8, 4) is 0 Å². The van der Waals surface area contributed by atoms with Gasteiger partial charge in [0.15, 0.2) is 0 Å². The molecule has 1 unspecified atom stereocenters. The fraction of sp³-hybridized carbons (Fsp3) is 0.364. The number of benzene rings is 1. The summed E-state index contributed by atoms with van der Waals surface area (Å²) in [5.74, 6) is 0.137. The van der Waals surface area contributed by atoms with Gasteiger partial charge in [-0.05, 0) is 18.1 Å². The van der Waals surface area contributed by atoms with Gasteiger partial charge in [-0.1, -0.05) is 18.2 Å². The molecule has 2 heterocycles. The summed E-state index contributed by atoms with van der Waals surface area (Å²) in [6, 6.07) is 8.83. The van der Waals surface area contributed by atoms with Gasteiger partial charge in [-0.2, -0.15) is 0 Å². The number of amides is 1. The maximum atomic E-state index is 11.3. The van der Waals surface area contributed by atoms with Crippen molar-refractivity contribution >= 4 is 11.6 Å². The Bertz CT molecular complexity index is 389. The molecule has 1 amide bonds. The summed E-state index contributed by atoms with van der Waals surface area (Å²) >= 11 is 0. The van der Waals surface area contributed by atoms with Crippen molar-refractivity contribution in [1.29, 1.82) is 0 Å². The quantitative estimate of drug-likeness (QED) is 0.644. The third kappa shape index (κ3) is 1.02. The molecule has 0 bridgehead atoms. The number of para-hydroxylation sites is 1. The second-order valence-corrected chi connectivity index (χ2v) is 3.92. The highest BCUT2D eigenvalue weighted by Gasteiger charge is 2.33. The van der Waals surface area contributed by atoms with Gasteiger partial charge in [-0.25, -0.2) is 0 Å². The van der Waals surface area contributed by atoms with Crippen molar-refractivity contribution in [3.05, 3.63) is 29.8 Å². The molecule has 0 aromatic heterocycles. The summed E-state index contributed by atoms with van der Waals surface area (Å²) in [6.07, 6.45) is 1.07. The minimum Gasteiger partial charge on any atom is -0.357 e. The first kappa shape index (κ1) is 7.85. The molecule has 3 nitrogen and oxygen atoms in total. The van der Waals surface area contributed by atoms with Crippen molar-refractivity contribution in [2.75, 3.05) is 18.0 Å². The van der Waals surface area contributed by atoms with Crippen molar-refractivity contribution in [1.82, 2.24) is 5.32 Å². The van der Waals surface area contributed by atoms with Crippen LogP contribution >= 0.6 is 0 Å². The van der Waals surface area contributed by atoms with E-state index in [9.17, 15) is 4.79 Å². The molecule has 3 rings (SSSR count). The van der Waals surface area contributed by atoms with Crippen molar-refractivity contribution in [2.24, 2.45) is 0 Å². The van der Waals surface area contributed by atoms with Gasteiger partial charge in [0.25, 0.3) is 0 Å². The van der Waals surface area contributed by atoms with Crippen LogP contribution in [-0.2, 0) is 11.2 Å². The fourth-order valence-corrected chi connectivity index (χ4v) is 2.36. The van der Waals surface area contributed by atoms with E-state index in [0.29, 0.717) is 12.6 Å². The van der Waals surface area contributed by atoms with Crippen LogP contribution in [0.4, 0.5) is 5.69 Å². The SMILES string of the molecule is O=C1CN2c3ccccc3CC2CN1. The van der Waals surface area contributed by atoms with E-state index in [1.807, 2.05) is 6.07 Å². The van der Waals surface area contributed by atoms with E-state index < -0.39 is 0 Å². The number of fused-ring (bicyclic) bond motifs is 3. The molecule has 2 aliphatic heterocycles. The number of hydrogen-bond acceptors (Lipinski definition) is 2. The molecule has 2 aliphatic rings. The van der Waals surface area contributed by atoms with E-state index in [2.05, 4.69) is 28.4 Å². The Hall–Kier alpha value is -1.51. The smallest absolute Gasteiger partial charge is 0.239 e. The van der Waals surface area contributed by atoms with Crippen LogP contribution < -0.4 is 10.2 Å². The van der Waals surface area contributed by atoms with Gasteiger partial charge in [0.2, 0.25) is 5.91 Å². The lowest BCUT2D eigenvalue weighted by Gasteiger charge is -2.31. The second kappa shape index (κ2) is 2.74. The Labute approximate surface area is 82.7 Å². The number of anilines is 1. The third-order valence-electron chi connectivity index (χ3n) is 3.05. The summed E-state index contributed by atoms with van der Waals surface area (Å²) in [5, 5.41) is 2.91. The monoisotopic (exact) mass is 188 g/mol. The van der Waals surface area contributed by atoms with E-state index in [-0.39, 0.29) is 5.91 Å². The number of carbonyl (C=O) groups is 1. The van der Waals surface area contributed by atoms with Gasteiger partial charge in [0.05, 0.1) is 12.6 Å². The summed E-state index contributed by atoms with van der Waals surface area (Å²) in [6.45, 7) is 1.30. The Morgan fingerprint density at radius 2 is 2.21 bits per heavy atom. The van der Waals surface area contributed by atoms with Gasteiger partial charge in [-0.3, -0.25) is 4.79 Å². The van der Waals surface area contributed by atoms with Crippen molar-refractivity contribution in [3.63, 3.8) is 0 Å². The Balaban J connectivity index is 2.00. The average Bonchev–Trinajstić information content (AvgIpc) is 2.56. The predicted molar refractivity (Wildman–Crippen MR) is 54.3 cm³/mol. The molecule has 72 valence electrons. The first-order valence-electron chi connectivity index (χ1n) is 4.96. The molecule has 0 radical (unpaired) electrons. The normalized spacial score (nSPS) is 24.1. The number of hydrogen-bond donors (Lipinski definition) is 1. The lowest BCUT2D eigenvalue weighted by atomic mass is 10.1. The highest BCUT2D eigenvalue weighted by atomic mass is 16.2. The largest absolute Gasteiger partial charge is 0.357 e. The van der Waals surface area contributed by atoms with Gasteiger partial charge in [0, 0.05) is 12.2 Å². The van der Waals surface area contributed by atoms with Gasteiger partial charge in [0.1, 0.15) is 0 Å². The molecule has 1 aromatic carbocycles. The van der Waals surface area contributed by atoms with Crippen molar-refractivity contribution < 1.29 is 4.79 Å². The molecule has 3 heteroatoms. The number of piperazine rings is 1. The van der Waals surface area contributed by atoms with Crippen LogP contribution in [0.5, 0.6) is 0 Å². The maximum Gasteiger partial charge on any atom is 0.239 e. The number of rotatable bonds is 0. The van der Waals surface area contributed by atoms with E-state index >= 15 is 0 Å². The Morgan fingerprint density at radius 3 is 3.14 bits per heavy atom. The molecular formula is C11H12N2O. The molecular weight excluding hydrogens is 176 g/mol. The average molecular weight is 188 g/mol. The number of carbonyl (C=O) groups excluding carboxylic acids is 1. The zero-order valence-corrected chi connectivity index (χ0v) is 7.86. The summed E-state index contributed by atoms with van der Waals surface area (Å²) < 4.78 is 0. The van der Waals surface area contributed by atoms with E-state index in [1.165, 1.54) is 11.3 Å². The van der Waals surface area contributed by atoms with E-state index in [4.69, 9.17) is 0 Å². The molecule has 0 spiro atoms.